The highest BCUT2D eigenvalue weighted by atomic mass is 32.2. The topological polar surface area (TPSA) is 94.8 Å². The summed E-state index contributed by atoms with van der Waals surface area (Å²) < 4.78 is 21.7. The molecule has 34 heavy (non-hydrogen) atoms. The highest BCUT2D eigenvalue weighted by Gasteiger charge is 2.22. The van der Waals surface area contributed by atoms with E-state index in [-0.39, 0.29) is 23.3 Å². The highest BCUT2D eigenvalue weighted by Crippen LogP contribution is 2.29. The highest BCUT2D eigenvalue weighted by molar-refractivity contribution is 7.99. The van der Waals surface area contributed by atoms with Crippen LogP contribution < -0.4 is 10.1 Å². The van der Waals surface area contributed by atoms with Crippen LogP contribution in [0.4, 0.5) is 9.52 Å². The number of thioether (sulfide) groups is 1. The normalized spacial score (nSPS) is 12.0. The zero-order valence-electron chi connectivity index (χ0n) is 18.8. The average Bonchev–Trinajstić information content (AvgIpc) is 3.47. The van der Waals surface area contributed by atoms with Crippen molar-refractivity contribution in [3.63, 3.8) is 0 Å². The van der Waals surface area contributed by atoms with Crippen molar-refractivity contribution >= 4 is 34.1 Å². The Hall–Kier alpha value is -3.31. The van der Waals surface area contributed by atoms with E-state index >= 15 is 0 Å². The Labute approximate surface area is 204 Å². The number of nitrogens with one attached hydrogen (secondary N) is 1. The van der Waals surface area contributed by atoms with Gasteiger partial charge in [0, 0.05) is 11.6 Å². The van der Waals surface area contributed by atoms with Crippen LogP contribution in [0.15, 0.2) is 59.8 Å². The van der Waals surface area contributed by atoms with Gasteiger partial charge in [-0.05, 0) is 31.2 Å². The van der Waals surface area contributed by atoms with Crippen molar-refractivity contribution in [2.24, 2.45) is 0 Å². The summed E-state index contributed by atoms with van der Waals surface area (Å²) in [6, 6.07) is 15.7. The van der Waals surface area contributed by atoms with E-state index in [1.165, 1.54) is 29.2 Å². The number of para-hydroxylation sites is 2. The third-order valence-corrected chi connectivity index (χ3v) is 6.76. The minimum atomic E-state index is -0.594. The molecule has 8 nitrogen and oxygen atoms in total. The molecule has 2 aromatic heterocycles. The van der Waals surface area contributed by atoms with Crippen LogP contribution in [0.5, 0.6) is 5.75 Å². The number of carbonyl (C=O) groups is 1. The van der Waals surface area contributed by atoms with E-state index in [0.29, 0.717) is 16.1 Å². The molecule has 0 aliphatic heterocycles. The Balaban J connectivity index is 1.52. The fourth-order valence-corrected chi connectivity index (χ4v) is 4.57. The van der Waals surface area contributed by atoms with Gasteiger partial charge in [-0.1, -0.05) is 67.3 Å². The maximum absolute atomic E-state index is 14.1. The molecule has 0 fully saturated rings. The molecule has 0 aliphatic rings. The van der Waals surface area contributed by atoms with E-state index in [1.807, 2.05) is 48.7 Å². The molecule has 0 aliphatic carbocycles. The number of benzene rings is 2. The Morgan fingerprint density at radius 2 is 1.79 bits per heavy atom. The smallest absolute Gasteiger partial charge is 0.236 e. The lowest BCUT2D eigenvalue weighted by atomic mass is 10.2. The van der Waals surface area contributed by atoms with Gasteiger partial charge in [0.2, 0.25) is 11.0 Å². The van der Waals surface area contributed by atoms with E-state index in [1.54, 1.807) is 25.1 Å². The summed E-state index contributed by atoms with van der Waals surface area (Å²) in [6.45, 7) is 5.82. The van der Waals surface area contributed by atoms with Crippen LogP contribution in [0.1, 0.15) is 43.6 Å². The molecular weight excluding hydrogens is 475 g/mol. The zero-order chi connectivity index (χ0) is 24.1. The summed E-state index contributed by atoms with van der Waals surface area (Å²) in [5.74, 6) is 0.283. The molecule has 0 bridgehead atoms. The Morgan fingerprint density at radius 3 is 2.50 bits per heavy atom. The van der Waals surface area contributed by atoms with Gasteiger partial charge in [0.25, 0.3) is 0 Å². The van der Waals surface area contributed by atoms with Gasteiger partial charge in [-0.3, -0.25) is 14.7 Å². The van der Waals surface area contributed by atoms with Crippen LogP contribution in [-0.4, -0.2) is 36.6 Å². The summed E-state index contributed by atoms with van der Waals surface area (Å²) >= 11 is 2.59. The largest absolute Gasteiger partial charge is 0.480 e. The Kier molecular flexibility index (Phi) is 7.53. The number of hydrogen-bond acceptors (Lipinski definition) is 8. The maximum Gasteiger partial charge on any atom is 0.236 e. The molecule has 4 rings (SSSR count). The fraction of sp³-hybridized carbons (Fsp3) is 0.261. The number of nitrogens with zero attached hydrogens (tertiary/aromatic N) is 5. The van der Waals surface area contributed by atoms with Crippen LogP contribution in [0, 0.1) is 5.82 Å². The van der Waals surface area contributed by atoms with Crippen molar-refractivity contribution in [2.75, 3.05) is 11.1 Å². The number of anilines is 1. The Bertz CT molecular complexity index is 1260. The van der Waals surface area contributed by atoms with Crippen molar-refractivity contribution in [3.05, 3.63) is 71.2 Å². The molecule has 1 atom stereocenters. The quantitative estimate of drug-likeness (QED) is 0.315. The van der Waals surface area contributed by atoms with Crippen LogP contribution in [0.3, 0.4) is 0 Å². The predicted molar refractivity (Wildman–Crippen MR) is 130 cm³/mol. The van der Waals surface area contributed by atoms with Crippen molar-refractivity contribution in [3.8, 4) is 11.4 Å². The van der Waals surface area contributed by atoms with Crippen molar-refractivity contribution in [2.45, 2.75) is 37.9 Å². The molecule has 1 N–H and O–H groups in total. The molecule has 2 heterocycles. The molecule has 2 aromatic carbocycles. The first-order chi connectivity index (χ1) is 16.4. The molecule has 0 spiro atoms. The number of carbonyl (C=O) groups excluding carboxylic acids is 1. The van der Waals surface area contributed by atoms with Crippen molar-refractivity contribution < 1.29 is 13.9 Å². The van der Waals surface area contributed by atoms with E-state index < -0.39 is 11.9 Å². The zero-order valence-corrected chi connectivity index (χ0v) is 20.4. The van der Waals surface area contributed by atoms with E-state index in [0.717, 1.165) is 10.7 Å². The lowest BCUT2D eigenvalue weighted by Crippen LogP contribution is -2.15. The lowest BCUT2D eigenvalue weighted by Gasteiger charge is -2.17. The second kappa shape index (κ2) is 10.7. The molecule has 4 aromatic rings. The van der Waals surface area contributed by atoms with E-state index in [9.17, 15) is 9.18 Å². The van der Waals surface area contributed by atoms with Gasteiger partial charge in [-0.15, -0.1) is 20.4 Å². The minimum Gasteiger partial charge on any atom is -0.480 e. The van der Waals surface area contributed by atoms with Gasteiger partial charge in [0.1, 0.15) is 5.01 Å². The van der Waals surface area contributed by atoms with Gasteiger partial charge in [0.15, 0.2) is 28.7 Å². The van der Waals surface area contributed by atoms with Crippen LogP contribution in [0.2, 0.25) is 0 Å². The number of halogens is 1. The van der Waals surface area contributed by atoms with Gasteiger partial charge >= 0.3 is 0 Å². The lowest BCUT2D eigenvalue weighted by molar-refractivity contribution is -0.113. The number of hydrogen-bond donors (Lipinski definition) is 1. The van der Waals surface area contributed by atoms with Gasteiger partial charge < -0.3 is 4.74 Å². The molecule has 1 unspecified atom stereocenters. The molecule has 0 saturated carbocycles. The SMILES string of the molecule is CC(C)c1nnc(NC(=O)CSc2nnc(C(C)Oc3ccccc3F)n2-c2ccccc2)s1. The third-order valence-electron chi connectivity index (χ3n) is 4.69. The van der Waals surface area contributed by atoms with Gasteiger partial charge in [-0.2, -0.15) is 0 Å². The van der Waals surface area contributed by atoms with Crippen LogP contribution in [0.25, 0.3) is 5.69 Å². The summed E-state index contributed by atoms with van der Waals surface area (Å²) in [6.07, 6.45) is -0.594. The molecule has 176 valence electrons. The predicted octanol–water partition coefficient (Wildman–Crippen LogP) is 5.25. The second-order valence-electron chi connectivity index (χ2n) is 7.64. The molecule has 1 amide bonds. The average molecular weight is 499 g/mol. The van der Waals surface area contributed by atoms with Crippen LogP contribution in [-0.2, 0) is 4.79 Å². The molecular formula is C23H23FN6O2S2. The number of rotatable bonds is 9. The van der Waals surface area contributed by atoms with Crippen LogP contribution >= 0.6 is 23.1 Å². The van der Waals surface area contributed by atoms with E-state index in [4.69, 9.17) is 4.74 Å². The number of amides is 1. The first-order valence-electron chi connectivity index (χ1n) is 10.6. The summed E-state index contributed by atoms with van der Waals surface area (Å²) in [5.41, 5.74) is 0.806. The molecule has 0 radical (unpaired) electrons. The maximum atomic E-state index is 14.1. The first-order valence-corrected chi connectivity index (χ1v) is 12.4. The monoisotopic (exact) mass is 498 g/mol. The van der Waals surface area contributed by atoms with E-state index in [2.05, 4.69) is 25.7 Å². The number of aromatic nitrogens is 5. The minimum absolute atomic E-state index is 0.101. The second-order valence-corrected chi connectivity index (χ2v) is 9.59. The van der Waals surface area contributed by atoms with Crippen molar-refractivity contribution in [1.82, 2.24) is 25.0 Å². The fourth-order valence-electron chi connectivity index (χ4n) is 3.05. The summed E-state index contributed by atoms with van der Waals surface area (Å²) in [5, 5.41) is 21.3. The molecule has 0 saturated heterocycles. The van der Waals surface area contributed by atoms with Gasteiger partial charge in [0.05, 0.1) is 5.75 Å². The number of ether oxygens (including phenoxy) is 1. The Morgan fingerprint density at radius 1 is 1.06 bits per heavy atom. The standard InChI is InChI=1S/C23H23FN6O2S2/c1-14(2)21-27-28-22(34-21)25-19(31)13-33-23-29-26-20(30(23)16-9-5-4-6-10-16)15(3)32-18-12-8-7-11-17(18)24/h4-12,14-15H,13H2,1-3H3,(H,25,28,31). The van der Waals surface area contributed by atoms with Gasteiger partial charge in [-0.25, -0.2) is 4.39 Å². The molecule has 11 heteroatoms. The summed E-state index contributed by atoms with van der Waals surface area (Å²) in [4.78, 5) is 12.5. The third kappa shape index (κ3) is 5.60. The first kappa shape index (κ1) is 23.8. The van der Waals surface area contributed by atoms with Crippen molar-refractivity contribution in [1.29, 1.82) is 0 Å². The summed E-state index contributed by atoms with van der Waals surface area (Å²) in [7, 11) is 0.